The lowest BCUT2D eigenvalue weighted by molar-refractivity contribution is 0.245. The van der Waals surface area contributed by atoms with Crippen LogP contribution < -0.4 is 5.73 Å². The highest BCUT2D eigenvalue weighted by Crippen LogP contribution is 2.37. The second-order valence-electron chi connectivity index (χ2n) is 4.93. The van der Waals surface area contributed by atoms with Gasteiger partial charge in [-0.3, -0.25) is 4.90 Å². The van der Waals surface area contributed by atoms with Gasteiger partial charge in [0.2, 0.25) is 0 Å². The number of nitrogens with two attached hydrogens (primary N) is 1. The van der Waals surface area contributed by atoms with Gasteiger partial charge < -0.3 is 5.73 Å². The Hall–Kier alpha value is -0.200. The molecule has 0 fully saturated rings. The molecule has 0 aliphatic carbocycles. The third kappa shape index (κ3) is 3.92. The number of likely N-dealkylation sites (N-methyl/N-ethyl adjacent to an activating group) is 1. The van der Waals surface area contributed by atoms with E-state index in [1.807, 2.05) is 0 Å². The molecule has 0 saturated heterocycles. The molecule has 0 bridgehead atoms. The van der Waals surface area contributed by atoms with Gasteiger partial charge in [0.25, 0.3) is 0 Å². The Balaban J connectivity index is 2.15. The fraction of sp³-hybridized carbons (Fsp3) is 0.333. The van der Waals surface area contributed by atoms with Crippen LogP contribution in [-0.4, -0.2) is 18.5 Å². The number of thiophene rings is 1. The first-order valence-corrected chi connectivity index (χ1v) is 8.82. The van der Waals surface area contributed by atoms with Crippen molar-refractivity contribution in [3.63, 3.8) is 0 Å². The van der Waals surface area contributed by atoms with Crippen molar-refractivity contribution in [2.24, 2.45) is 5.73 Å². The second kappa shape index (κ2) is 7.18. The molecule has 0 saturated carbocycles. The maximum Gasteiger partial charge on any atom is 0.0843 e. The number of hydrogen-bond acceptors (Lipinski definition) is 3. The predicted molar refractivity (Wildman–Crippen MR) is 94.2 cm³/mol. The summed E-state index contributed by atoms with van der Waals surface area (Å²) in [4.78, 5) is 3.58. The summed E-state index contributed by atoms with van der Waals surface area (Å²) in [6, 6.07) is 11.0. The van der Waals surface area contributed by atoms with Gasteiger partial charge in [0.05, 0.1) is 9.83 Å². The summed E-state index contributed by atoms with van der Waals surface area (Å²) in [6.07, 6.45) is 0. The van der Waals surface area contributed by atoms with Gasteiger partial charge in [0.15, 0.2) is 0 Å². The molecule has 2 nitrogen and oxygen atoms in total. The zero-order valence-corrected chi connectivity index (χ0v) is 15.6. The highest BCUT2D eigenvalue weighted by molar-refractivity contribution is 9.13. The van der Waals surface area contributed by atoms with Crippen LogP contribution in [0.15, 0.2) is 38.6 Å². The summed E-state index contributed by atoms with van der Waals surface area (Å²) < 4.78 is 2.22. The molecule has 0 aliphatic rings. The van der Waals surface area contributed by atoms with Crippen molar-refractivity contribution in [1.29, 1.82) is 0 Å². The zero-order chi connectivity index (χ0) is 14.7. The van der Waals surface area contributed by atoms with Gasteiger partial charge in [-0.2, -0.15) is 0 Å². The van der Waals surface area contributed by atoms with Crippen LogP contribution in [0.2, 0.25) is 0 Å². The molecule has 2 aromatic rings. The fourth-order valence-electron chi connectivity index (χ4n) is 2.25. The van der Waals surface area contributed by atoms with Crippen LogP contribution in [0, 0.1) is 6.92 Å². The first kappa shape index (κ1) is 16.2. The average Bonchev–Trinajstić information content (AvgIpc) is 2.70. The van der Waals surface area contributed by atoms with Crippen LogP contribution in [0.1, 0.15) is 22.0 Å². The van der Waals surface area contributed by atoms with Crippen LogP contribution in [-0.2, 0) is 6.54 Å². The topological polar surface area (TPSA) is 29.3 Å². The second-order valence-corrected chi connectivity index (χ2v) is 8.18. The molecule has 1 aromatic carbocycles. The largest absolute Gasteiger partial charge is 0.329 e. The molecule has 1 aromatic heterocycles. The maximum atomic E-state index is 5.98. The lowest BCUT2D eigenvalue weighted by atomic mass is 10.1. The summed E-state index contributed by atoms with van der Waals surface area (Å²) in [5.74, 6) is 0. The van der Waals surface area contributed by atoms with E-state index in [0.29, 0.717) is 6.54 Å². The molecule has 1 unspecified atom stereocenters. The Kier molecular flexibility index (Phi) is 5.81. The lowest BCUT2D eigenvalue weighted by Crippen LogP contribution is -2.29. The Morgan fingerprint density at radius 1 is 1.30 bits per heavy atom. The standard InChI is InChI=1S/C15H18Br2N2S/c1-10-4-3-5-11(6-10)9-19(2)13(8-18)14-7-12(16)15(17)20-14/h3-7,13H,8-9,18H2,1-2H3. The number of halogens is 2. The number of nitrogens with zero attached hydrogens (tertiary/aromatic N) is 1. The molecular weight excluding hydrogens is 400 g/mol. The van der Waals surface area contributed by atoms with E-state index in [2.05, 4.69) is 81.1 Å². The molecule has 0 spiro atoms. The van der Waals surface area contributed by atoms with Gasteiger partial charge in [0, 0.05) is 22.4 Å². The van der Waals surface area contributed by atoms with Crippen LogP contribution >= 0.6 is 43.2 Å². The maximum absolute atomic E-state index is 5.98. The normalized spacial score (nSPS) is 12.9. The molecule has 1 atom stereocenters. The molecule has 0 aliphatic heterocycles. The molecule has 0 radical (unpaired) electrons. The van der Waals surface area contributed by atoms with Crippen LogP contribution in [0.25, 0.3) is 0 Å². The van der Waals surface area contributed by atoms with E-state index in [4.69, 9.17) is 5.73 Å². The molecule has 20 heavy (non-hydrogen) atoms. The van der Waals surface area contributed by atoms with Crippen molar-refractivity contribution in [1.82, 2.24) is 4.90 Å². The van der Waals surface area contributed by atoms with Gasteiger partial charge in [0.1, 0.15) is 0 Å². The SMILES string of the molecule is Cc1cccc(CN(C)C(CN)c2cc(Br)c(Br)s2)c1. The summed E-state index contributed by atoms with van der Waals surface area (Å²) in [6.45, 7) is 3.63. The van der Waals surface area contributed by atoms with E-state index in [-0.39, 0.29) is 6.04 Å². The first-order valence-electron chi connectivity index (χ1n) is 6.42. The van der Waals surface area contributed by atoms with E-state index >= 15 is 0 Å². The van der Waals surface area contributed by atoms with Crippen molar-refractivity contribution >= 4 is 43.2 Å². The van der Waals surface area contributed by atoms with Crippen molar-refractivity contribution in [3.8, 4) is 0 Å². The summed E-state index contributed by atoms with van der Waals surface area (Å²) in [5.41, 5.74) is 8.60. The van der Waals surface area contributed by atoms with Crippen molar-refractivity contribution in [2.75, 3.05) is 13.6 Å². The van der Waals surface area contributed by atoms with Gasteiger partial charge in [-0.05, 0) is 57.5 Å². The zero-order valence-electron chi connectivity index (χ0n) is 11.6. The molecule has 5 heteroatoms. The van der Waals surface area contributed by atoms with E-state index in [1.54, 1.807) is 11.3 Å². The van der Waals surface area contributed by atoms with Crippen molar-refractivity contribution < 1.29 is 0 Å². The molecule has 0 amide bonds. The van der Waals surface area contributed by atoms with Gasteiger partial charge in [-0.1, -0.05) is 29.8 Å². The first-order chi connectivity index (χ1) is 9.51. The highest BCUT2D eigenvalue weighted by Gasteiger charge is 2.19. The molecule has 1 heterocycles. The Bertz CT molecular complexity index is 564. The molecule has 2 N–H and O–H groups in total. The van der Waals surface area contributed by atoms with E-state index in [1.165, 1.54) is 16.0 Å². The Morgan fingerprint density at radius 2 is 2.05 bits per heavy atom. The fourth-order valence-corrected chi connectivity index (χ4v) is 4.52. The lowest BCUT2D eigenvalue weighted by Gasteiger charge is -2.26. The quantitative estimate of drug-likeness (QED) is 0.762. The Morgan fingerprint density at radius 3 is 2.60 bits per heavy atom. The van der Waals surface area contributed by atoms with Crippen molar-refractivity contribution in [3.05, 3.63) is 54.6 Å². The van der Waals surface area contributed by atoms with Crippen LogP contribution in [0.3, 0.4) is 0 Å². The van der Waals surface area contributed by atoms with Gasteiger partial charge >= 0.3 is 0 Å². The number of hydrogen-bond donors (Lipinski definition) is 1. The summed E-state index contributed by atoms with van der Waals surface area (Å²) >= 11 is 8.83. The molecule has 2 rings (SSSR count). The molecular formula is C15H18Br2N2S. The number of benzene rings is 1. The minimum atomic E-state index is 0.239. The average molecular weight is 418 g/mol. The summed E-state index contributed by atoms with van der Waals surface area (Å²) in [5, 5.41) is 0. The minimum absolute atomic E-state index is 0.239. The number of rotatable bonds is 5. The third-order valence-electron chi connectivity index (χ3n) is 3.26. The van der Waals surface area contributed by atoms with Crippen LogP contribution in [0.5, 0.6) is 0 Å². The predicted octanol–water partition coefficient (Wildman–Crippen LogP) is 4.71. The smallest absolute Gasteiger partial charge is 0.0843 e. The highest BCUT2D eigenvalue weighted by atomic mass is 79.9. The number of aryl methyl sites for hydroxylation is 1. The van der Waals surface area contributed by atoms with Gasteiger partial charge in [-0.25, -0.2) is 0 Å². The van der Waals surface area contributed by atoms with Crippen LogP contribution in [0.4, 0.5) is 0 Å². The monoisotopic (exact) mass is 416 g/mol. The van der Waals surface area contributed by atoms with E-state index in [9.17, 15) is 0 Å². The van der Waals surface area contributed by atoms with Gasteiger partial charge in [-0.15, -0.1) is 11.3 Å². The third-order valence-corrected chi connectivity index (χ3v) is 6.62. The summed E-state index contributed by atoms with van der Waals surface area (Å²) in [7, 11) is 2.13. The van der Waals surface area contributed by atoms with Crippen molar-refractivity contribution in [2.45, 2.75) is 19.5 Å². The van der Waals surface area contributed by atoms with E-state index in [0.717, 1.165) is 14.8 Å². The van der Waals surface area contributed by atoms with E-state index < -0.39 is 0 Å². The Labute approximate surface area is 141 Å². The molecule has 108 valence electrons. The minimum Gasteiger partial charge on any atom is -0.329 e.